The first-order chi connectivity index (χ1) is 7.41. The van der Waals surface area contributed by atoms with Crippen LogP contribution in [0.2, 0.25) is 0 Å². The van der Waals surface area contributed by atoms with Crippen molar-refractivity contribution in [3.63, 3.8) is 0 Å². The summed E-state index contributed by atoms with van der Waals surface area (Å²) in [4.78, 5) is 31.3. The summed E-state index contributed by atoms with van der Waals surface area (Å²) < 4.78 is 0. The molecular weight excluding hydrogens is 216 g/mol. The highest BCUT2D eigenvalue weighted by atomic mass is 16.6. The molecule has 2 N–H and O–H groups in total. The molecule has 1 aromatic carbocycles. The van der Waals surface area contributed by atoms with Gasteiger partial charge < -0.3 is 5.11 Å². The summed E-state index contributed by atoms with van der Waals surface area (Å²) in [7, 11) is 0. The minimum atomic E-state index is -1.43. The zero-order chi connectivity index (χ0) is 12.3. The molecule has 84 valence electrons. The number of nitrogens with zero attached hydrogens (tertiary/aromatic N) is 1. The Kier molecular flexibility index (Phi) is 3.19. The molecule has 0 radical (unpaired) electrons. The fourth-order valence-electron chi connectivity index (χ4n) is 1.13. The molecule has 0 aromatic heterocycles. The van der Waals surface area contributed by atoms with Crippen LogP contribution in [-0.2, 0) is 0 Å². The maximum absolute atomic E-state index is 11.0. The van der Waals surface area contributed by atoms with Gasteiger partial charge in [0.2, 0.25) is 0 Å². The van der Waals surface area contributed by atoms with E-state index >= 15 is 0 Å². The van der Waals surface area contributed by atoms with E-state index in [4.69, 9.17) is 5.11 Å². The number of carbonyl (C=O) groups is 2. The van der Waals surface area contributed by atoms with Crippen molar-refractivity contribution >= 4 is 23.3 Å². The fraction of sp³-hybridized carbons (Fsp3) is 0.111. The Balaban J connectivity index is 3.26. The second-order valence-corrected chi connectivity index (χ2v) is 2.98. The van der Waals surface area contributed by atoms with Gasteiger partial charge in [-0.3, -0.25) is 20.2 Å². The van der Waals surface area contributed by atoms with Crippen molar-refractivity contribution in [2.24, 2.45) is 0 Å². The topological polar surface area (TPSA) is 110 Å². The van der Waals surface area contributed by atoms with Crippen molar-refractivity contribution in [1.82, 2.24) is 0 Å². The molecule has 0 spiro atoms. The first kappa shape index (κ1) is 11.6. The average molecular weight is 224 g/mol. The van der Waals surface area contributed by atoms with Crippen molar-refractivity contribution in [2.75, 3.05) is 5.32 Å². The van der Waals surface area contributed by atoms with E-state index in [-0.39, 0.29) is 17.0 Å². The van der Waals surface area contributed by atoms with Crippen molar-refractivity contribution in [1.29, 1.82) is 0 Å². The number of nitro groups is 1. The molecular formula is C9H8N2O5. The van der Waals surface area contributed by atoms with Crippen LogP contribution in [0, 0.1) is 10.1 Å². The SMILES string of the molecule is CC(=O)c1ccc([N+](=O)[O-])c(NC(=O)O)c1. The van der Waals surface area contributed by atoms with Gasteiger partial charge >= 0.3 is 6.09 Å². The van der Waals surface area contributed by atoms with Crippen LogP contribution >= 0.6 is 0 Å². The van der Waals surface area contributed by atoms with Gasteiger partial charge in [-0.2, -0.15) is 0 Å². The predicted octanol–water partition coefficient (Wildman–Crippen LogP) is 1.89. The molecule has 7 heteroatoms. The fourth-order valence-corrected chi connectivity index (χ4v) is 1.13. The predicted molar refractivity (Wildman–Crippen MR) is 54.7 cm³/mol. The summed E-state index contributed by atoms with van der Waals surface area (Å²) >= 11 is 0. The van der Waals surface area contributed by atoms with Crippen molar-refractivity contribution in [2.45, 2.75) is 6.92 Å². The minimum absolute atomic E-state index is 0.203. The molecule has 0 bridgehead atoms. The molecule has 16 heavy (non-hydrogen) atoms. The summed E-state index contributed by atoms with van der Waals surface area (Å²) in [6, 6.07) is 3.49. The number of carbonyl (C=O) groups excluding carboxylic acids is 1. The Hall–Kier alpha value is -2.44. The summed E-state index contributed by atoms with van der Waals surface area (Å²) in [6.07, 6.45) is -1.43. The lowest BCUT2D eigenvalue weighted by molar-refractivity contribution is -0.383. The number of hydrogen-bond donors (Lipinski definition) is 2. The van der Waals surface area contributed by atoms with E-state index in [2.05, 4.69) is 0 Å². The largest absolute Gasteiger partial charge is 0.465 e. The number of rotatable bonds is 3. The molecule has 7 nitrogen and oxygen atoms in total. The van der Waals surface area contributed by atoms with E-state index in [1.807, 2.05) is 5.32 Å². The molecule has 0 fully saturated rings. The molecule has 1 aromatic rings. The van der Waals surface area contributed by atoms with Crippen molar-refractivity contribution in [3.8, 4) is 0 Å². The molecule has 1 amide bonds. The third-order valence-corrected chi connectivity index (χ3v) is 1.84. The van der Waals surface area contributed by atoms with Crippen molar-refractivity contribution in [3.05, 3.63) is 33.9 Å². The molecule has 1 rings (SSSR count). The Bertz CT molecular complexity index is 469. The van der Waals surface area contributed by atoms with E-state index < -0.39 is 16.7 Å². The highest BCUT2D eigenvalue weighted by Gasteiger charge is 2.16. The number of anilines is 1. The van der Waals surface area contributed by atoms with Gasteiger partial charge in [0, 0.05) is 11.6 Å². The first-order valence-electron chi connectivity index (χ1n) is 4.21. The van der Waals surface area contributed by atoms with Crippen LogP contribution in [0.5, 0.6) is 0 Å². The number of carboxylic acid groups (broad SMARTS) is 1. The Morgan fingerprint density at radius 2 is 2.06 bits per heavy atom. The third kappa shape index (κ3) is 2.53. The Labute approximate surface area is 89.8 Å². The summed E-state index contributed by atoms with van der Waals surface area (Å²) in [5.41, 5.74) is -0.410. The molecule has 0 aliphatic rings. The second-order valence-electron chi connectivity index (χ2n) is 2.98. The van der Waals surface area contributed by atoms with Crippen LogP contribution in [0.15, 0.2) is 18.2 Å². The highest BCUT2D eigenvalue weighted by molar-refractivity contribution is 5.97. The molecule has 0 saturated carbocycles. The lowest BCUT2D eigenvalue weighted by atomic mass is 10.1. The first-order valence-corrected chi connectivity index (χ1v) is 4.21. The normalized spacial score (nSPS) is 9.56. The number of nitro benzene ring substituents is 1. The van der Waals surface area contributed by atoms with E-state index in [0.29, 0.717) is 0 Å². The van der Waals surface area contributed by atoms with Crippen LogP contribution in [0.25, 0.3) is 0 Å². The summed E-state index contributed by atoms with van der Waals surface area (Å²) in [6.45, 7) is 1.28. The van der Waals surface area contributed by atoms with Gasteiger partial charge in [-0.25, -0.2) is 4.79 Å². The lowest BCUT2D eigenvalue weighted by Crippen LogP contribution is -2.10. The summed E-state index contributed by atoms with van der Waals surface area (Å²) in [5.74, 6) is -0.302. The number of Topliss-reactive ketones (excluding diaryl/α,β-unsaturated/α-hetero) is 1. The van der Waals surface area contributed by atoms with Gasteiger partial charge in [0.25, 0.3) is 5.69 Å². The number of benzene rings is 1. The van der Waals surface area contributed by atoms with Crippen molar-refractivity contribution < 1.29 is 19.6 Å². The molecule has 0 heterocycles. The van der Waals surface area contributed by atoms with Crippen LogP contribution < -0.4 is 5.32 Å². The van der Waals surface area contributed by atoms with Gasteiger partial charge in [-0.15, -0.1) is 0 Å². The van der Waals surface area contributed by atoms with Crippen LogP contribution in [0.4, 0.5) is 16.2 Å². The monoisotopic (exact) mass is 224 g/mol. The van der Waals surface area contributed by atoms with Crippen LogP contribution in [-0.4, -0.2) is 21.9 Å². The highest BCUT2D eigenvalue weighted by Crippen LogP contribution is 2.25. The number of amides is 1. The molecule has 0 unspecified atom stereocenters. The van der Waals surface area contributed by atoms with E-state index in [0.717, 1.165) is 12.1 Å². The van der Waals surface area contributed by atoms with E-state index in [1.165, 1.54) is 13.0 Å². The van der Waals surface area contributed by atoms with E-state index in [9.17, 15) is 19.7 Å². The lowest BCUT2D eigenvalue weighted by Gasteiger charge is -2.03. The van der Waals surface area contributed by atoms with Gasteiger partial charge in [0.1, 0.15) is 5.69 Å². The number of hydrogen-bond acceptors (Lipinski definition) is 4. The maximum Gasteiger partial charge on any atom is 0.409 e. The molecule has 0 aliphatic heterocycles. The van der Waals surface area contributed by atoms with Gasteiger partial charge in [0.05, 0.1) is 4.92 Å². The zero-order valence-corrected chi connectivity index (χ0v) is 8.26. The van der Waals surface area contributed by atoms with Crippen LogP contribution in [0.3, 0.4) is 0 Å². The molecule has 0 atom stereocenters. The van der Waals surface area contributed by atoms with Gasteiger partial charge in [0.15, 0.2) is 5.78 Å². The quantitative estimate of drug-likeness (QED) is 0.462. The Morgan fingerprint density at radius 1 is 1.44 bits per heavy atom. The van der Waals surface area contributed by atoms with Crippen LogP contribution in [0.1, 0.15) is 17.3 Å². The van der Waals surface area contributed by atoms with Gasteiger partial charge in [-0.1, -0.05) is 0 Å². The molecule has 0 aliphatic carbocycles. The molecule has 0 saturated heterocycles. The van der Waals surface area contributed by atoms with E-state index in [1.54, 1.807) is 0 Å². The standard InChI is InChI=1S/C9H8N2O5/c1-5(12)6-2-3-8(11(15)16)7(4-6)10-9(13)14/h2-4,10H,1H3,(H,13,14). The Morgan fingerprint density at radius 3 is 2.50 bits per heavy atom. The second kappa shape index (κ2) is 4.39. The summed E-state index contributed by atoms with van der Waals surface area (Å²) in [5, 5.41) is 20.9. The smallest absolute Gasteiger partial charge is 0.409 e. The number of nitrogens with one attached hydrogen (secondary N) is 1. The van der Waals surface area contributed by atoms with Gasteiger partial charge in [-0.05, 0) is 19.1 Å². The zero-order valence-electron chi connectivity index (χ0n) is 8.26. The maximum atomic E-state index is 11.0. The average Bonchev–Trinajstić information content (AvgIpc) is 2.15. The third-order valence-electron chi connectivity index (χ3n) is 1.84. The minimum Gasteiger partial charge on any atom is -0.465 e. The number of ketones is 1.